The molecule has 1 saturated heterocycles. The zero-order valence-corrected chi connectivity index (χ0v) is 21.3. The SMILES string of the molecule is CN(C(=O)c1ccc2c(c1)C(NC(=O)CCC1CCCC1)CCO2)C1CCN(c2ccncc2)CC1. The van der Waals surface area contributed by atoms with Crippen molar-refractivity contribution in [3.05, 3.63) is 53.9 Å². The summed E-state index contributed by atoms with van der Waals surface area (Å²) < 4.78 is 5.86. The minimum atomic E-state index is -0.105. The molecule has 2 amide bonds. The van der Waals surface area contributed by atoms with E-state index in [-0.39, 0.29) is 23.9 Å². The van der Waals surface area contributed by atoms with Crippen LogP contribution in [0.15, 0.2) is 42.7 Å². The molecule has 0 spiro atoms. The van der Waals surface area contributed by atoms with Gasteiger partial charge in [0.2, 0.25) is 5.91 Å². The van der Waals surface area contributed by atoms with Crippen molar-refractivity contribution in [2.75, 3.05) is 31.6 Å². The van der Waals surface area contributed by atoms with Crippen molar-refractivity contribution in [1.82, 2.24) is 15.2 Å². The highest BCUT2D eigenvalue weighted by Gasteiger charge is 2.29. The van der Waals surface area contributed by atoms with E-state index in [2.05, 4.69) is 15.2 Å². The molecule has 2 aliphatic heterocycles. The Balaban J connectivity index is 1.20. The molecule has 1 aliphatic carbocycles. The fourth-order valence-electron chi connectivity index (χ4n) is 6.01. The molecule has 1 N–H and O–H groups in total. The number of aromatic nitrogens is 1. The molecular formula is C29H38N4O3. The number of pyridine rings is 1. The lowest BCUT2D eigenvalue weighted by Gasteiger charge is -2.38. The van der Waals surface area contributed by atoms with E-state index in [1.807, 2.05) is 54.7 Å². The van der Waals surface area contributed by atoms with Crippen molar-refractivity contribution < 1.29 is 14.3 Å². The first-order valence-corrected chi connectivity index (χ1v) is 13.6. The number of anilines is 1. The summed E-state index contributed by atoms with van der Waals surface area (Å²) in [7, 11) is 1.91. The molecule has 0 bridgehead atoms. The van der Waals surface area contributed by atoms with Gasteiger partial charge in [-0.05, 0) is 55.5 Å². The monoisotopic (exact) mass is 490 g/mol. The van der Waals surface area contributed by atoms with Crippen LogP contribution in [-0.4, -0.2) is 54.5 Å². The molecule has 3 heterocycles. The van der Waals surface area contributed by atoms with Crippen LogP contribution in [0.1, 0.15) is 79.8 Å². The Morgan fingerprint density at radius 1 is 1.06 bits per heavy atom. The van der Waals surface area contributed by atoms with Gasteiger partial charge in [-0.3, -0.25) is 14.6 Å². The Bertz CT molecular complexity index is 1050. The van der Waals surface area contributed by atoms with Crippen LogP contribution in [0.4, 0.5) is 5.69 Å². The number of benzene rings is 1. The normalized spacial score (nSPS) is 20.5. The lowest BCUT2D eigenvalue weighted by atomic mass is 9.96. The van der Waals surface area contributed by atoms with Crippen molar-refractivity contribution >= 4 is 17.5 Å². The maximum atomic E-state index is 13.4. The minimum Gasteiger partial charge on any atom is -0.493 e. The highest BCUT2D eigenvalue weighted by atomic mass is 16.5. The summed E-state index contributed by atoms with van der Waals surface area (Å²) in [5.41, 5.74) is 2.76. The quantitative estimate of drug-likeness (QED) is 0.607. The fraction of sp³-hybridized carbons (Fsp3) is 0.552. The molecule has 1 aromatic heterocycles. The summed E-state index contributed by atoms with van der Waals surface area (Å²) >= 11 is 0. The molecule has 36 heavy (non-hydrogen) atoms. The number of hydrogen-bond donors (Lipinski definition) is 1. The number of ether oxygens (including phenoxy) is 1. The summed E-state index contributed by atoms with van der Waals surface area (Å²) in [5.74, 6) is 1.60. The maximum Gasteiger partial charge on any atom is 0.253 e. The van der Waals surface area contributed by atoms with E-state index >= 15 is 0 Å². The molecule has 5 rings (SSSR count). The molecule has 2 aromatic rings. The summed E-state index contributed by atoms with van der Waals surface area (Å²) in [6.07, 6.45) is 12.9. The summed E-state index contributed by atoms with van der Waals surface area (Å²) in [5, 5.41) is 3.22. The topological polar surface area (TPSA) is 74.8 Å². The molecule has 192 valence electrons. The Morgan fingerprint density at radius 3 is 2.56 bits per heavy atom. The first-order chi connectivity index (χ1) is 17.6. The number of hydrogen-bond acceptors (Lipinski definition) is 5. The second kappa shape index (κ2) is 11.3. The van der Waals surface area contributed by atoms with Gasteiger partial charge in [0.15, 0.2) is 0 Å². The molecule has 1 unspecified atom stereocenters. The number of piperidine rings is 1. The van der Waals surface area contributed by atoms with Crippen molar-refractivity contribution in [2.24, 2.45) is 5.92 Å². The summed E-state index contributed by atoms with van der Waals surface area (Å²) in [6.45, 7) is 2.41. The largest absolute Gasteiger partial charge is 0.493 e. The van der Waals surface area contributed by atoms with Crippen LogP contribution in [0.3, 0.4) is 0 Å². The minimum absolute atomic E-state index is 0.0250. The van der Waals surface area contributed by atoms with Gasteiger partial charge in [0.05, 0.1) is 12.6 Å². The van der Waals surface area contributed by atoms with Crippen molar-refractivity contribution in [1.29, 1.82) is 0 Å². The maximum absolute atomic E-state index is 13.4. The highest BCUT2D eigenvalue weighted by molar-refractivity contribution is 5.94. The predicted molar refractivity (Wildman–Crippen MR) is 140 cm³/mol. The van der Waals surface area contributed by atoms with E-state index < -0.39 is 0 Å². The molecule has 2 fully saturated rings. The molecule has 1 aromatic carbocycles. The van der Waals surface area contributed by atoms with E-state index in [9.17, 15) is 9.59 Å². The lowest BCUT2D eigenvalue weighted by Crippen LogP contribution is -2.45. The summed E-state index contributed by atoms with van der Waals surface area (Å²) in [6, 6.07) is 9.84. The number of nitrogens with zero attached hydrogens (tertiary/aromatic N) is 3. The number of rotatable bonds is 7. The number of nitrogens with one attached hydrogen (secondary N) is 1. The Kier molecular flexibility index (Phi) is 7.73. The van der Waals surface area contributed by atoms with Crippen LogP contribution < -0.4 is 15.0 Å². The molecule has 1 saturated carbocycles. The number of fused-ring (bicyclic) bond motifs is 1. The van der Waals surface area contributed by atoms with Gasteiger partial charge in [0, 0.05) is 68.2 Å². The van der Waals surface area contributed by atoms with Crippen LogP contribution >= 0.6 is 0 Å². The standard InChI is InChI=1S/C29H38N4O3/c1-32(23-12-17-33(18-13-23)24-10-15-30-16-11-24)29(35)22-7-8-27-25(20-22)26(14-19-36-27)31-28(34)9-6-21-4-2-3-5-21/h7-8,10-11,15-16,20-21,23,26H,2-6,9,12-14,17-19H2,1H3,(H,31,34). The van der Waals surface area contributed by atoms with Gasteiger partial charge in [-0.25, -0.2) is 0 Å². The van der Waals surface area contributed by atoms with Gasteiger partial charge in [-0.1, -0.05) is 25.7 Å². The zero-order chi connectivity index (χ0) is 24.9. The number of carbonyl (C=O) groups excluding carboxylic acids is 2. The lowest BCUT2D eigenvalue weighted by molar-refractivity contribution is -0.122. The fourth-order valence-corrected chi connectivity index (χ4v) is 6.01. The van der Waals surface area contributed by atoms with Gasteiger partial charge in [-0.2, -0.15) is 0 Å². The van der Waals surface area contributed by atoms with Gasteiger partial charge < -0.3 is 19.9 Å². The van der Waals surface area contributed by atoms with Crippen molar-refractivity contribution in [3.63, 3.8) is 0 Å². The van der Waals surface area contributed by atoms with E-state index in [4.69, 9.17) is 4.74 Å². The van der Waals surface area contributed by atoms with Gasteiger partial charge in [-0.15, -0.1) is 0 Å². The third-order valence-corrected chi connectivity index (χ3v) is 8.25. The van der Waals surface area contributed by atoms with Crippen LogP contribution in [0.5, 0.6) is 5.75 Å². The Labute approximate surface area is 214 Å². The van der Waals surface area contributed by atoms with Crippen molar-refractivity contribution in [2.45, 2.75) is 69.9 Å². The molecule has 3 aliphatic rings. The van der Waals surface area contributed by atoms with Crippen molar-refractivity contribution in [3.8, 4) is 5.75 Å². The van der Waals surface area contributed by atoms with E-state index in [1.54, 1.807) is 0 Å². The van der Waals surface area contributed by atoms with Gasteiger partial charge in [0.1, 0.15) is 5.75 Å². The van der Waals surface area contributed by atoms with Crippen LogP contribution in [-0.2, 0) is 4.79 Å². The van der Waals surface area contributed by atoms with Crippen LogP contribution in [0.2, 0.25) is 0 Å². The Morgan fingerprint density at radius 2 is 1.81 bits per heavy atom. The summed E-state index contributed by atoms with van der Waals surface area (Å²) in [4.78, 5) is 34.5. The van der Waals surface area contributed by atoms with E-state index in [0.717, 1.165) is 50.1 Å². The first-order valence-electron chi connectivity index (χ1n) is 13.6. The van der Waals surface area contributed by atoms with Crippen LogP contribution in [0, 0.1) is 5.92 Å². The van der Waals surface area contributed by atoms with E-state index in [0.29, 0.717) is 24.5 Å². The average Bonchev–Trinajstić information content (AvgIpc) is 3.45. The van der Waals surface area contributed by atoms with E-state index in [1.165, 1.54) is 31.4 Å². The molecule has 7 heteroatoms. The molecule has 7 nitrogen and oxygen atoms in total. The molecule has 0 radical (unpaired) electrons. The number of carbonyl (C=O) groups is 2. The molecular weight excluding hydrogens is 452 g/mol. The predicted octanol–water partition coefficient (Wildman–Crippen LogP) is 4.73. The third-order valence-electron chi connectivity index (χ3n) is 8.25. The zero-order valence-electron chi connectivity index (χ0n) is 21.3. The second-order valence-corrected chi connectivity index (χ2v) is 10.5. The highest BCUT2D eigenvalue weighted by Crippen LogP contribution is 2.34. The van der Waals surface area contributed by atoms with Gasteiger partial charge in [0.25, 0.3) is 5.91 Å². The third kappa shape index (κ3) is 5.66. The van der Waals surface area contributed by atoms with Crippen LogP contribution in [0.25, 0.3) is 0 Å². The molecule has 1 atom stereocenters. The Hall–Kier alpha value is -3.09. The van der Waals surface area contributed by atoms with Gasteiger partial charge >= 0.3 is 0 Å². The smallest absolute Gasteiger partial charge is 0.253 e. The average molecular weight is 491 g/mol. The first kappa shape index (κ1) is 24.6. The number of amides is 2. The second-order valence-electron chi connectivity index (χ2n) is 10.5.